The number of carbonyl (C=O) groups excluding carboxylic acids is 1. The number of likely N-dealkylation sites (N-methyl/N-ethyl adjacent to an activating group) is 1. The van der Waals surface area contributed by atoms with E-state index >= 15 is 0 Å². The van der Waals surface area contributed by atoms with Crippen molar-refractivity contribution in [3.05, 3.63) is 0 Å². The van der Waals surface area contributed by atoms with E-state index in [1.165, 1.54) is 14.0 Å². The molecule has 0 aliphatic rings. The monoisotopic (exact) mass is 217 g/mol. The Hall–Kier alpha value is -0.610. The summed E-state index contributed by atoms with van der Waals surface area (Å²) in [4.78, 5) is 13.2. The first kappa shape index (κ1) is 14.4. The van der Waals surface area contributed by atoms with Crippen molar-refractivity contribution in [2.45, 2.75) is 32.8 Å². The van der Waals surface area contributed by atoms with Crippen molar-refractivity contribution in [3.8, 4) is 0 Å². The predicted octanol–water partition coefficient (Wildman–Crippen LogP) is 0.888. The Bertz CT molecular complexity index is 204. The third-order valence-corrected chi connectivity index (χ3v) is 2.52. The summed E-state index contributed by atoms with van der Waals surface area (Å²) in [7, 11) is 3.18. The maximum absolute atomic E-state index is 11.2. The molecule has 0 radical (unpaired) electrons. The molecule has 0 saturated heterocycles. The quantitative estimate of drug-likeness (QED) is 0.671. The van der Waals surface area contributed by atoms with Gasteiger partial charge in [0.15, 0.2) is 5.60 Å². The zero-order valence-corrected chi connectivity index (χ0v) is 10.4. The molecular formula is C11H23NO3. The summed E-state index contributed by atoms with van der Waals surface area (Å²) in [5.74, 6) is -0.0260. The van der Waals surface area contributed by atoms with Crippen molar-refractivity contribution < 1.29 is 14.6 Å². The second-order valence-electron chi connectivity index (χ2n) is 4.48. The van der Waals surface area contributed by atoms with Crippen LogP contribution in [0.25, 0.3) is 0 Å². The molecule has 15 heavy (non-hydrogen) atoms. The number of aliphatic hydroxyl groups is 1. The molecule has 0 spiro atoms. The zero-order chi connectivity index (χ0) is 12.1. The van der Waals surface area contributed by atoms with Crippen molar-refractivity contribution in [2.24, 2.45) is 5.92 Å². The van der Waals surface area contributed by atoms with Gasteiger partial charge in [0.05, 0.1) is 7.11 Å². The molecule has 90 valence electrons. The summed E-state index contributed by atoms with van der Waals surface area (Å²) in [6.45, 7) is 6.90. The van der Waals surface area contributed by atoms with E-state index in [2.05, 4.69) is 18.6 Å². The van der Waals surface area contributed by atoms with Crippen LogP contribution in [0.4, 0.5) is 0 Å². The number of hydrogen-bond donors (Lipinski definition) is 1. The second-order valence-corrected chi connectivity index (χ2v) is 4.48. The van der Waals surface area contributed by atoms with E-state index in [-0.39, 0.29) is 0 Å². The number of rotatable bonds is 6. The Kier molecular flexibility index (Phi) is 5.83. The number of methoxy groups -OCH3 is 1. The molecule has 2 unspecified atom stereocenters. The molecule has 0 aliphatic heterocycles. The summed E-state index contributed by atoms with van der Waals surface area (Å²) >= 11 is 0. The van der Waals surface area contributed by atoms with E-state index in [1.54, 1.807) is 0 Å². The highest BCUT2D eigenvalue weighted by Crippen LogP contribution is 2.10. The van der Waals surface area contributed by atoms with Crippen molar-refractivity contribution in [1.29, 1.82) is 0 Å². The van der Waals surface area contributed by atoms with Crippen LogP contribution in [0.15, 0.2) is 0 Å². The first-order valence-electron chi connectivity index (χ1n) is 5.32. The third kappa shape index (κ3) is 5.14. The van der Waals surface area contributed by atoms with E-state index in [0.717, 1.165) is 13.0 Å². The van der Waals surface area contributed by atoms with Crippen LogP contribution in [0, 0.1) is 5.92 Å². The summed E-state index contributed by atoms with van der Waals surface area (Å²) in [5, 5.41) is 9.82. The molecule has 1 N–H and O–H groups in total. The second kappa shape index (κ2) is 6.08. The van der Waals surface area contributed by atoms with Crippen LogP contribution in [0.2, 0.25) is 0 Å². The van der Waals surface area contributed by atoms with Gasteiger partial charge in [0.1, 0.15) is 0 Å². The predicted molar refractivity (Wildman–Crippen MR) is 59.6 cm³/mol. The molecule has 0 aromatic heterocycles. The average molecular weight is 217 g/mol. The van der Waals surface area contributed by atoms with Crippen LogP contribution in [0.1, 0.15) is 27.2 Å². The van der Waals surface area contributed by atoms with Gasteiger partial charge in [0.2, 0.25) is 0 Å². The fourth-order valence-corrected chi connectivity index (χ4v) is 1.54. The highest BCUT2D eigenvalue weighted by molar-refractivity contribution is 5.78. The summed E-state index contributed by atoms with van der Waals surface area (Å²) in [6, 6.07) is 0. The van der Waals surface area contributed by atoms with Gasteiger partial charge < -0.3 is 14.7 Å². The standard InChI is InChI=1S/C11H23NO3/c1-6-9(2)7-12(4)8-11(3,14)10(13)15-5/h9,14H,6-8H2,1-5H3. The van der Waals surface area contributed by atoms with E-state index < -0.39 is 11.6 Å². The average Bonchev–Trinajstić information content (AvgIpc) is 2.15. The van der Waals surface area contributed by atoms with Gasteiger partial charge in [-0.25, -0.2) is 4.79 Å². The highest BCUT2D eigenvalue weighted by atomic mass is 16.5. The molecule has 0 aromatic rings. The Labute approximate surface area is 92.2 Å². The SMILES string of the molecule is CCC(C)CN(C)CC(C)(O)C(=O)OC. The molecule has 0 saturated carbocycles. The molecule has 0 amide bonds. The lowest BCUT2D eigenvalue weighted by molar-refractivity contribution is -0.162. The number of ether oxygens (including phenoxy) is 1. The van der Waals surface area contributed by atoms with Crippen LogP contribution < -0.4 is 0 Å². The molecule has 0 aromatic carbocycles. The van der Waals surface area contributed by atoms with Crippen LogP contribution in [0.3, 0.4) is 0 Å². The molecule has 2 atom stereocenters. The maximum Gasteiger partial charge on any atom is 0.338 e. The largest absolute Gasteiger partial charge is 0.467 e. The number of nitrogens with zero attached hydrogens (tertiary/aromatic N) is 1. The zero-order valence-electron chi connectivity index (χ0n) is 10.4. The molecule has 0 heterocycles. The molecular weight excluding hydrogens is 194 g/mol. The normalized spacial score (nSPS) is 17.3. The summed E-state index contributed by atoms with van der Waals surface area (Å²) < 4.78 is 4.53. The van der Waals surface area contributed by atoms with E-state index in [0.29, 0.717) is 12.5 Å². The van der Waals surface area contributed by atoms with Crippen molar-refractivity contribution in [3.63, 3.8) is 0 Å². The molecule has 0 bridgehead atoms. The molecule has 4 heteroatoms. The van der Waals surface area contributed by atoms with Crippen molar-refractivity contribution in [2.75, 3.05) is 27.2 Å². The van der Waals surface area contributed by atoms with Gasteiger partial charge in [-0.3, -0.25) is 0 Å². The van der Waals surface area contributed by atoms with E-state index in [1.807, 2.05) is 11.9 Å². The Balaban J connectivity index is 4.15. The van der Waals surface area contributed by atoms with E-state index in [9.17, 15) is 9.90 Å². The van der Waals surface area contributed by atoms with Crippen LogP contribution in [-0.2, 0) is 9.53 Å². The highest BCUT2D eigenvalue weighted by Gasteiger charge is 2.32. The lowest BCUT2D eigenvalue weighted by Crippen LogP contribution is -2.47. The maximum atomic E-state index is 11.2. The third-order valence-electron chi connectivity index (χ3n) is 2.52. The lowest BCUT2D eigenvalue weighted by atomic mass is 10.1. The van der Waals surface area contributed by atoms with Gasteiger partial charge in [0, 0.05) is 13.1 Å². The fraction of sp³-hybridized carbons (Fsp3) is 0.909. The summed E-state index contributed by atoms with van der Waals surface area (Å²) in [6.07, 6.45) is 1.09. The molecule has 0 rings (SSSR count). The van der Waals surface area contributed by atoms with Crippen LogP contribution >= 0.6 is 0 Å². The molecule has 0 aliphatic carbocycles. The molecule has 0 fully saturated rings. The van der Waals surface area contributed by atoms with Gasteiger partial charge in [-0.15, -0.1) is 0 Å². The minimum Gasteiger partial charge on any atom is -0.467 e. The van der Waals surface area contributed by atoms with Gasteiger partial charge in [-0.05, 0) is 19.9 Å². The Morgan fingerprint density at radius 1 is 1.60 bits per heavy atom. The summed E-state index contributed by atoms with van der Waals surface area (Å²) in [5.41, 5.74) is -1.42. The van der Waals surface area contributed by atoms with Gasteiger partial charge in [-0.1, -0.05) is 20.3 Å². The van der Waals surface area contributed by atoms with Gasteiger partial charge in [-0.2, -0.15) is 0 Å². The fourth-order valence-electron chi connectivity index (χ4n) is 1.54. The lowest BCUT2D eigenvalue weighted by Gasteiger charge is -2.28. The van der Waals surface area contributed by atoms with E-state index in [4.69, 9.17) is 0 Å². The van der Waals surface area contributed by atoms with Gasteiger partial charge >= 0.3 is 5.97 Å². The topological polar surface area (TPSA) is 49.8 Å². The minimum absolute atomic E-state index is 0.296. The minimum atomic E-state index is -1.42. The van der Waals surface area contributed by atoms with Crippen molar-refractivity contribution >= 4 is 5.97 Å². The smallest absolute Gasteiger partial charge is 0.338 e. The van der Waals surface area contributed by atoms with Crippen LogP contribution in [0.5, 0.6) is 0 Å². The first-order chi connectivity index (χ1) is 6.83. The number of hydrogen-bond acceptors (Lipinski definition) is 4. The van der Waals surface area contributed by atoms with Crippen LogP contribution in [-0.4, -0.2) is 48.8 Å². The Morgan fingerprint density at radius 3 is 2.53 bits per heavy atom. The number of carbonyl (C=O) groups is 1. The number of esters is 1. The Morgan fingerprint density at radius 2 is 2.13 bits per heavy atom. The van der Waals surface area contributed by atoms with Gasteiger partial charge in [0.25, 0.3) is 0 Å². The van der Waals surface area contributed by atoms with Crippen molar-refractivity contribution in [1.82, 2.24) is 4.90 Å². The molecule has 4 nitrogen and oxygen atoms in total. The first-order valence-corrected chi connectivity index (χ1v) is 5.32.